The number of hydrogen-bond acceptors (Lipinski definition) is 7. The van der Waals surface area contributed by atoms with Crippen LogP contribution in [0.1, 0.15) is 0 Å². The van der Waals surface area contributed by atoms with E-state index in [1.165, 1.54) is 18.1 Å². The molecule has 106 valence electrons. The van der Waals surface area contributed by atoms with Crippen molar-refractivity contribution in [3.05, 3.63) is 36.9 Å². The predicted molar refractivity (Wildman–Crippen MR) is 81.8 cm³/mol. The minimum absolute atomic E-state index is 0.604. The predicted octanol–water partition coefficient (Wildman–Crippen LogP) is 2.62. The SMILES string of the molecule is CNc1ncnc(Sc2ncnc3ccccc23)c1OC. The second-order valence-corrected chi connectivity index (χ2v) is 5.09. The van der Waals surface area contributed by atoms with E-state index in [1.54, 1.807) is 20.5 Å². The minimum Gasteiger partial charge on any atom is -0.490 e. The first-order valence-corrected chi connectivity index (χ1v) is 7.09. The van der Waals surface area contributed by atoms with Gasteiger partial charge in [0, 0.05) is 12.4 Å². The highest BCUT2D eigenvalue weighted by Gasteiger charge is 2.14. The topological polar surface area (TPSA) is 72.8 Å². The van der Waals surface area contributed by atoms with Crippen molar-refractivity contribution >= 4 is 28.5 Å². The lowest BCUT2D eigenvalue weighted by Gasteiger charge is -2.10. The Morgan fingerprint density at radius 2 is 1.76 bits per heavy atom. The summed E-state index contributed by atoms with van der Waals surface area (Å²) in [5.74, 6) is 1.25. The Hall–Kier alpha value is -2.41. The number of fused-ring (bicyclic) bond motifs is 1. The summed E-state index contributed by atoms with van der Waals surface area (Å²) < 4.78 is 5.40. The molecule has 0 aliphatic rings. The van der Waals surface area contributed by atoms with E-state index < -0.39 is 0 Å². The lowest BCUT2D eigenvalue weighted by atomic mass is 10.2. The highest BCUT2D eigenvalue weighted by Crippen LogP contribution is 2.37. The molecule has 1 aromatic carbocycles. The van der Waals surface area contributed by atoms with Crippen LogP contribution in [0.3, 0.4) is 0 Å². The van der Waals surface area contributed by atoms with E-state index in [9.17, 15) is 0 Å². The van der Waals surface area contributed by atoms with Gasteiger partial charge in [-0.1, -0.05) is 18.2 Å². The van der Waals surface area contributed by atoms with Crippen molar-refractivity contribution in [2.45, 2.75) is 10.1 Å². The number of hydrogen-bond donors (Lipinski definition) is 1. The van der Waals surface area contributed by atoms with Gasteiger partial charge in [0.2, 0.25) is 0 Å². The molecule has 2 aromatic heterocycles. The molecule has 0 fully saturated rings. The molecule has 1 N–H and O–H groups in total. The van der Waals surface area contributed by atoms with Gasteiger partial charge in [-0.05, 0) is 17.8 Å². The molecular weight excluding hydrogens is 286 g/mol. The van der Waals surface area contributed by atoms with E-state index in [2.05, 4.69) is 25.3 Å². The monoisotopic (exact) mass is 299 g/mol. The minimum atomic E-state index is 0.604. The summed E-state index contributed by atoms with van der Waals surface area (Å²) in [4.78, 5) is 17.0. The maximum absolute atomic E-state index is 5.40. The average Bonchev–Trinajstić information content (AvgIpc) is 2.55. The zero-order valence-electron chi connectivity index (χ0n) is 11.6. The van der Waals surface area contributed by atoms with Gasteiger partial charge in [-0.15, -0.1) is 0 Å². The van der Waals surface area contributed by atoms with Crippen LogP contribution in [-0.2, 0) is 0 Å². The highest BCUT2D eigenvalue weighted by atomic mass is 32.2. The molecule has 2 heterocycles. The third-order valence-electron chi connectivity index (χ3n) is 2.91. The quantitative estimate of drug-likeness (QED) is 0.742. The molecule has 0 aliphatic heterocycles. The number of rotatable bonds is 4. The summed E-state index contributed by atoms with van der Waals surface area (Å²) >= 11 is 1.43. The smallest absolute Gasteiger partial charge is 0.194 e. The normalized spacial score (nSPS) is 10.6. The summed E-state index contributed by atoms with van der Waals surface area (Å²) in [6, 6.07) is 7.86. The number of nitrogens with one attached hydrogen (secondary N) is 1. The number of para-hydroxylation sites is 1. The van der Waals surface area contributed by atoms with Crippen molar-refractivity contribution in [3.8, 4) is 5.75 Å². The van der Waals surface area contributed by atoms with Crippen molar-refractivity contribution in [2.24, 2.45) is 0 Å². The molecule has 0 atom stereocenters. The summed E-state index contributed by atoms with van der Waals surface area (Å²) in [7, 11) is 3.39. The first kappa shape index (κ1) is 13.6. The van der Waals surface area contributed by atoms with E-state index in [0.29, 0.717) is 16.6 Å². The van der Waals surface area contributed by atoms with E-state index in [1.807, 2.05) is 24.3 Å². The fourth-order valence-electron chi connectivity index (χ4n) is 1.95. The lowest BCUT2D eigenvalue weighted by molar-refractivity contribution is 0.400. The van der Waals surface area contributed by atoms with Crippen LogP contribution in [0.4, 0.5) is 5.82 Å². The molecule has 0 amide bonds. The van der Waals surface area contributed by atoms with Gasteiger partial charge in [-0.3, -0.25) is 0 Å². The third kappa shape index (κ3) is 2.59. The first-order chi connectivity index (χ1) is 10.3. The Morgan fingerprint density at radius 3 is 2.57 bits per heavy atom. The molecule has 0 aliphatic carbocycles. The summed E-state index contributed by atoms with van der Waals surface area (Å²) in [5, 5.41) is 5.51. The average molecular weight is 299 g/mol. The molecule has 21 heavy (non-hydrogen) atoms. The molecule has 0 spiro atoms. The maximum Gasteiger partial charge on any atom is 0.194 e. The molecule has 0 saturated carbocycles. The van der Waals surface area contributed by atoms with Gasteiger partial charge in [-0.25, -0.2) is 19.9 Å². The van der Waals surface area contributed by atoms with E-state index in [-0.39, 0.29) is 0 Å². The van der Waals surface area contributed by atoms with Gasteiger partial charge in [0.05, 0.1) is 12.6 Å². The maximum atomic E-state index is 5.40. The second kappa shape index (κ2) is 5.92. The first-order valence-electron chi connectivity index (χ1n) is 6.28. The van der Waals surface area contributed by atoms with E-state index >= 15 is 0 Å². The number of benzene rings is 1. The summed E-state index contributed by atoms with van der Waals surface area (Å²) in [5.41, 5.74) is 0.900. The van der Waals surface area contributed by atoms with Crippen LogP contribution in [0.25, 0.3) is 10.9 Å². The molecular formula is C14H13N5OS. The van der Waals surface area contributed by atoms with Crippen molar-refractivity contribution in [1.82, 2.24) is 19.9 Å². The number of aromatic nitrogens is 4. The number of methoxy groups -OCH3 is 1. The zero-order chi connectivity index (χ0) is 14.7. The molecule has 3 rings (SSSR count). The molecule has 6 nitrogen and oxygen atoms in total. The van der Waals surface area contributed by atoms with E-state index in [0.717, 1.165) is 15.9 Å². The summed E-state index contributed by atoms with van der Waals surface area (Å²) in [6.45, 7) is 0. The van der Waals surface area contributed by atoms with Crippen LogP contribution >= 0.6 is 11.8 Å². The number of anilines is 1. The van der Waals surface area contributed by atoms with Crippen LogP contribution in [0, 0.1) is 0 Å². The Kier molecular flexibility index (Phi) is 3.83. The van der Waals surface area contributed by atoms with Crippen molar-refractivity contribution in [3.63, 3.8) is 0 Å². The van der Waals surface area contributed by atoms with Gasteiger partial charge in [0.1, 0.15) is 22.7 Å². The van der Waals surface area contributed by atoms with Gasteiger partial charge < -0.3 is 10.1 Å². The van der Waals surface area contributed by atoms with Crippen LogP contribution in [0.5, 0.6) is 5.75 Å². The third-order valence-corrected chi connectivity index (χ3v) is 3.91. The molecule has 7 heteroatoms. The Bertz CT molecular complexity index is 775. The molecule has 0 unspecified atom stereocenters. The van der Waals surface area contributed by atoms with Gasteiger partial charge in [0.15, 0.2) is 11.6 Å². The van der Waals surface area contributed by atoms with Crippen LogP contribution in [-0.4, -0.2) is 34.1 Å². The zero-order valence-corrected chi connectivity index (χ0v) is 12.4. The van der Waals surface area contributed by atoms with Gasteiger partial charge in [0.25, 0.3) is 0 Å². The Labute approximate surface area is 126 Å². The Balaban J connectivity index is 2.07. The van der Waals surface area contributed by atoms with Crippen LogP contribution in [0.15, 0.2) is 47.0 Å². The van der Waals surface area contributed by atoms with E-state index in [4.69, 9.17) is 4.74 Å². The number of nitrogens with zero attached hydrogens (tertiary/aromatic N) is 4. The number of ether oxygens (including phenoxy) is 1. The van der Waals surface area contributed by atoms with Gasteiger partial charge in [-0.2, -0.15) is 0 Å². The molecule has 0 bridgehead atoms. The van der Waals surface area contributed by atoms with Gasteiger partial charge >= 0.3 is 0 Å². The highest BCUT2D eigenvalue weighted by molar-refractivity contribution is 7.99. The van der Waals surface area contributed by atoms with Crippen LogP contribution in [0.2, 0.25) is 0 Å². The molecule has 0 saturated heterocycles. The second-order valence-electron chi connectivity index (χ2n) is 4.11. The Morgan fingerprint density at radius 1 is 1.00 bits per heavy atom. The lowest BCUT2D eigenvalue weighted by Crippen LogP contribution is -2.00. The fourth-order valence-corrected chi connectivity index (χ4v) is 2.88. The van der Waals surface area contributed by atoms with Crippen molar-refractivity contribution in [2.75, 3.05) is 19.5 Å². The molecule has 0 radical (unpaired) electrons. The fraction of sp³-hybridized carbons (Fsp3) is 0.143. The standard InChI is InChI=1S/C14H13N5OS/c1-15-12-11(20-2)14(19-8-17-12)21-13-9-5-3-4-6-10(9)16-7-18-13/h3-8H,1-2H3,(H,15,17,19). The van der Waals surface area contributed by atoms with Crippen LogP contribution < -0.4 is 10.1 Å². The largest absolute Gasteiger partial charge is 0.490 e. The van der Waals surface area contributed by atoms with Crippen molar-refractivity contribution < 1.29 is 4.74 Å². The van der Waals surface area contributed by atoms with Crippen molar-refractivity contribution in [1.29, 1.82) is 0 Å². The molecule has 3 aromatic rings. The summed E-state index contributed by atoms with van der Waals surface area (Å²) in [6.07, 6.45) is 3.05.